The SMILES string of the molecule is c1ccc(-c2cc(-c3cccc([Si](c4ccccc4)(c4ccccc4)c4ccccc4)c3)nc(-c3ccccc3-c3cccc4c3C3c5ccccc5C4c4cccc([Si](c5ccccc5)(c5ccccc5)c5ccccc5)c43)n2)cc1. The van der Waals surface area contributed by atoms with Gasteiger partial charge in [0, 0.05) is 28.5 Å². The summed E-state index contributed by atoms with van der Waals surface area (Å²) in [6, 6.07) is 122. The Morgan fingerprint density at radius 1 is 0.232 bits per heavy atom. The third-order valence-electron chi connectivity index (χ3n) is 17.6. The minimum atomic E-state index is -2.99. The van der Waals surface area contributed by atoms with Crippen molar-refractivity contribution < 1.29 is 0 Å². The molecule has 16 rings (SSSR count). The fourth-order valence-corrected chi connectivity index (χ4v) is 24.1. The topological polar surface area (TPSA) is 25.8 Å². The van der Waals surface area contributed by atoms with E-state index in [9.17, 15) is 0 Å². The van der Waals surface area contributed by atoms with Crippen LogP contribution >= 0.6 is 0 Å². The van der Waals surface area contributed by atoms with Crippen molar-refractivity contribution in [2.45, 2.75) is 11.8 Å². The summed E-state index contributed by atoms with van der Waals surface area (Å²) in [6.45, 7) is 0. The summed E-state index contributed by atoms with van der Waals surface area (Å²) in [4.78, 5) is 11.3. The molecule has 3 aliphatic carbocycles. The van der Waals surface area contributed by atoms with E-state index in [1.807, 2.05) is 0 Å². The van der Waals surface area contributed by atoms with Gasteiger partial charge >= 0.3 is 0 Å². The monoisotopic (exact) mass is 1080 g/mol. The Bertz CT molecular complexity index is 4250. The maximum atomic E-state index is 5.72. The highest BCUT2D eigenvalue weighted by Crippen LogP contribution is 2.58. The molecule has 0 amide bonds. The Morgan fingerprint density at radius 2 is 0.585 bits per heavy atom. The number of rotatable bonds is 12. The molecule has 386 valence electrons. The van der Waals surface area contributed by atoms with Gasteiger partial charge in [-0.1, -0.05) is 322 Å². The number of hydrogen-bond donors (Lipinski definition) is 0. The first-order valence-corrected chi connectivity index (χ1v) is 32.5. The van der Waals surface area contributed by atoms with Gasteiger partial charge in [0.15, 0.2) is 22.0 Å². The molecule has 0 aliphatic heterocycles. The molecular weight excluding hydrogens is 1020 g/mol. The third-order valence-corrected chi connectivity index (χ3v) is 27.2. The largest absolute Gasteiger partial charge is 0.228 e. The van der Waals surface area contributed by atoms with Crippen LogP contribution < -0.4 is 41.5 Å². The van der Waals surface area contributed by atoms with Crippen LogP contribution in [-0.4, -0.2) is 26.1 Å². The fourth-order valence-electron chi connectivity index (χ4n) is 14.3. The molecule has 1 heterocycles. The zero-order valence-electron chi connectivity index (χ0n) is 45.2. The minimum Gasteiger partial charge on any atom is -0.228 e. The zero-order chi connectivity index (χ0) is 54.5. The van der Waals surface area contributed by atoms with Crippen molar-refractivity contribution in [3.63, 3.8) is 0 Å². The van der Waals surface area contributed by atoms with Gasteiger partial charge in [0.2, 0.25) is 0 Å². The molecule has 0 spiro atoms. The lowest BCUT2D eigenvalue weighted by Gasteiger charge is -2.47. The number of nitrogens with zero attached hydrogens (tertiary/aromatic N) is 2. The molecule has 0 fully saturated rings. The first-order chi connectivity index (χ1) is 40.7. The van der Waals surface area contributed by atoms with Gasteiger partial charge in [-0.15, -0.1) is 0 Å². The highest BCUT2D eigenvalue weighted by Gasteiger charge is 2.50. The number of hydrogen-bond acceptors (Lipinski definition) is 2. The molecule has 2 bridgehead atoms. The predicted molar refractivity (Wildman–Crippen MR) is 346 cm³/mol. The molecule has 12 aromatic carbocycles. The van der Waals surface area contributed by atoms with E-state index < -0.39 is 16.1 Å². The van der Waals surface area contributed by atoms with E-state index in [4.69, 9.17) is 9.97 Å². The van der Waals surface area contributed by atoms with Crippen LogP contribution in [0.4, 0.5) is 0 Å². The number of benzene rings is 12. The summed E-state index contributed by atoms with van der Waals surface area (Å²) in [7, 11) is -5.85. The summed E-state index contributed by atoms with van der Waals surface area (Å²) < 4.78 is 0. The van der Waals surface area contributed by atoms with E-state index in [1.165, 1.54) is 80.4 Å². The van der Waals surface area contributed by atoms with Gasteiger partial charge in [0.25, 0.3) is 0 Å². The summed E-state index contributed by atoms with van der Waals surface area (Å²) in [5.74, 6) is 0.689. The van der Waals surface area contributed by atoms with Crippen molar-refractivity contribution >= 4 is 57.6 Å². The Kier molecular flexibility index (Phi) is 12.4. The Balaban J connectivity index is 0.949. The molecule has 2 unspecified atom stereocenters. The van der Waals surface area contributed by atoms with Crippen molar-refractivity contribution in [3.8, 4) is 45.0 Å². The van der Waals surface area contributed by atoms with Gasteiger partial charge in [-0.25, -0.2) is 9.97 Å². The van der Waals surface area contributed by atoms with Crippen LogP contribution in [0.15, 0.2) is 328 Å². The molecule has 2 atom stereocenters. The van der Waals surface area contributed by atoms with Crippen molar-refractivity contribution in [1.29, 1.82) is 0 Å². The molecule has 2 nitrogen and oxygen atoms in total. The minimum absolute atomic E-state index is 0.0437. The van der Waals surface area contributed by atoms with Gasteiger partial charge in [0.05, 0.1) is 11.4 Å². The second kappa shape index (κ2) is 20.7. The van der Waals surface area contributed by atoms with Crippen LogP contribution in [0.2, 0.25) is 0 Å². The third kappa shape index (κ3) is 7.89. The normalized spacial score (nSPS) is 14.1. The van der Waals surface area contributed by atoms with E-state index in [0.29, 0.717) is 5.82 Å². The molecule has 3 aliphatic rings. The Morgan fingerprint density at radius 3 is 1.11 bits per heavy atom. The Labute approximate surface area is 482 Å². The molecule has 1 aromatic heterocycles. The average molecular weight is 1080 g/mol. The lowest BCUT2D eigenvalue weighted by molar-refractivity contribution is 0.760. The molecule has 0 saturated carbocycles. The van der Waals surface area contributed by atoms with Gasteiger partial charge in [0.1, 0.15) is 0 Å². The van der Waals surface area contributed by atoms with E-state index in [1.54, 1.807) is 0 Å². The van der Waals surface area contributed by atoms with Crippen LogP contribution in [0.3, 0.4) is 0 Å². The van der Waals surface area contributed by atoms with E-state index >= 15 is 0 Å². The highest BCUT2D eigenvalue weighted by molar-refractivity contribution is 7.20. The fraction of sp³-hybridized carbons (Fsp3) is 0.0256. The van der Waals surface area contributed by atoms with Crippen LogP contribution in [0, 0.1) is 0 Å². The maximum Gasteiger partial charge on any atom is 0.179 e. The summed E-state index contributed by atoms with van der Waals surface area (Å²) >= 11 is 0. The van der Waals surface area contributed by atoms with Crippen molar-refractivity contribution in [3.05, 3.63) is 361 Å². The van der Waals surface area contributed by atoms with Crippen LogP contribution in [-0.2, 0) is 0 Å². The first-order valence-electron chi connectivity index (χ1n) is 28.5. The molecule has 82 heavy (non-hydrogen) atoms. The lowest BCUT2D eigenvalue weighted by Crippen LogP contribution is -2.75. The predicted octanol–water partition coefficient (Wildman–Crippen LogP) is 12.9. The molecule has 13 aromatic rings. The first kappa shape index (κ1) is 49.2. The quantitative estimate of drug-likeness (QED) is 0.0900. The molecular formula is C78H56N2Si2. The highest BCUT2D eigenvalue weighted by atomic mass is 28.3. The number of aromatic nitrogens is 2. The maximum absolute atomic E-state index is 5.72. The van der Waals surface area contributed by atoms with Gasteiger partial charge < -0.3 is 0 Å². The summed E-state index contributed by atoms with van der Waals surface area (Å²) in [5, 5.41) is 10.8. The average Bonchev–Trinajstić information content (AvgIpc) is 2.16. The van der Waals surface area contributed by atoms with Gasteiger partial charge in [-0.2, -0.15) is 0 Å². The second-order valence-electron chi connectivity index (χ2n) is 21.8. The summed E-state index contributed by atoms with van der Waals surface area (Å²) in [6.07, 6.45) is 0. The Hall–Kier alpha value is -9.85. The summed E-state index contributed by atoms with van der Waals surface area (Å²) in [5.41, 5.74) is 15.5. The lowest BCUT2D eigenvalue weighted by atomic mass is 9.60. The second-order valence-corrected chi connectivity index (χ2v) is 29.3. The van der Waals surface area contributed by atoms with E-state index in [-0.39, 0.29) is 11.8 Å². The van der Waals surface area contributed by atoms with Crippen LogP contribution in [0.1, 0.15) is 45.2 Å². The van der Waals surface area contributed by atoms with E-state index in [2.05, 4.69) is 328 Å². The molecule has 0 N–H and O–H groups in total. The van der Waals surface area contributed by atoms with Crippen molar-refractivity contribution in [2.24, 2.45) is 0 Å². The van der Waals surface area contributed by atoms with Crippen molar-refractivity contribution in [2.75, 3.05) is 0 Å². The molecule has 4 heteroatoms. The molecule has 0 radical (unpaired) electrons. The smallest absolute Gasteiger partial charge is 0.179 e. The van der Waals surface area contributed by atoms with Crippen LogP contribution in [0.25, 0.3) is 45.0 Å². The molecule has 0 saturated heterocycles. The van der Waals surface area contributed by atoms with Gasteiger partial charge in [-0.3, -0.25) is 0 Å². The standard InChI is InChI=1S/C78H56N2Si2/c1-8-29-55(30-9-1)71-54-72(56-31-26-44-63(53-56)81(57-32-10-2-11-33-57,58-34-12-3-13-35-58)59-36-14-4-15-37-59)80-78(79-71)68-48-25-22-45-64(68)65-49-27-50-69-74-66-46-23-24-47-67(66)77(75(65)69)76-70(74)51-28-52-73(76)82(60-38-16-5-17-39-60,61-40-18-6-19-41-61)62-42-20-7-21-43-62/h1-54,74,77H. The van der Waals surface area contributed by atoms with E-state index in [0.717, 1.165) is 33.6 Å². The van der Waals surface area contributed by atoms with Crippen LogP contribution in [0.5, 0.6) is 0 Å². The zero-order valence-corrected chi connectivity index (χ0v) is 47.2. The van der Waals surface area contributed by atoms with Gasteiger partial charge in [-0.05, 0) is 92.1 Å². The van der Waals surface area contributed by atoms with Crippen molar-refractivity contribution in [1.82, 2.24) is 9.97 Å².